The summed E-state index contributed by atoms with van der Waals surface area (Å²) in [5, 5.41) is 0. The van der Waals surface area contributed by atoms with E-state index in [1.807, 2.05) is 0 Å². The van der Waals surface area contributed by atoms with Crippen LogP contribution in [0.4, 0.5) is 0 Å². The summed E-state index contributed by atoms with van der Waals surface area (Å²) >= 11 is 0. The van der Waals surface area contributed by atoms with E-state index in [-0.39, 0.29) is 30.1 Å². The number of morpholine rings is 1. The van der Waals surface area contributed by atoms with Crippen LogP contribution in [0.1, 0.15) is 19.3 Å². The molecule has 2 amide bonds. The Labute approximate surface area is 152 Å². The number of hydrazine groups is 1. The number of quaternary nitrogens is 1. The van der Waals surface area contributed by atoms with Crippen LogP contribution in [0.15, 0.2) is 35.2 Å². The van der Waals surface area contributed by atoms with Crippen molar-refractivity contribution in [2.75, 3.05) is 32.8 Å². The van der Waals surface area contributed by atoms with Gasteiger partial charge < -0.3 is 9.64 Å². The number of rotatable bonds is 6. The molecule has 3 rings (SSSR count). The maximum absolute atomic E-state index is 12.7. The third-order valence-corrected chi connectivity index (χ3v) is 7.42. The lowest BCUT2D eigenvalue weighted by molar-refractivity contribution is -0.907. The molecule has 0 spiro atoms. The van der Waals surface area contributed by atoms with Gasteiger partial charge in [0.2, 0.25) is 5.91 Å². The molecule has 0 atom stereocenters. The third-order valence-electron chi connectivity index (χ3n) is 4.91. The predicted octanol–water partition coefficient (Wildman–Crippen LogP) is -1.55. The summed E-state index contributed by atoms with van der Waals surface area (Å²) < 4.78 is 29.3. The number of benzene rings is 1. The molecule has 1 saturated carbocycles. The quantitative estimate of drug-likeness (QED) is 0.517. The molecule has 0 bridgehead atoms. The van der Waals surface area contributed by atoms with Crippen LogP contribution < -0.4 is 15.8 Å². The van der Waals surface area contributed by atoms with Crippen LogP contribution in [0.2, 0.25) is 0 Å². The molecule has 0 radical (unpaired) electrons. The van der Waals surface area contributed by atoms with Crippen molar-refractivity contribution >= 4 is 21.7 Å². The van der Waals surface area contributed by atoms with Crippen molar-refractivity contribution < 1.29 is 27.6 Å². The molecule has 1 aliphatic carbocycles. The SMILES string of the molecule is O=C(CC[NH+]1CCOCC1)NNC(=O)C1(S(=O)(=O)c2ccccc2)CC1. The molecule has 2 fully saturated rings. The van der Waals surface area contributed by atoms with Crippen molar-refractivity contribution in [3.8, 4) is 0 Å². The fraction of sp³-hybridized carbons (Fsp3) is 0.529. The lowest BCUT2D eigenvalue weighted by Gasteiger charge is -2.23. The minimum atomic E-state index is -3.79. The van der Waals surface area contributed by atoms with Gasteiger partial charge in [0.1, 0.15) is 13.1 Å². The molecule has 1 saturated heterocycles. The summed E-state index contributed by atoms with van der Waals surface area (Å²) in [7, 11) is -3.79. The topological polar surface area (TPSA) is 106 Å². The Morgan fingerprint density at radius 2 is 1.73 bits per heavy atom. The number of hydrogen-bond acceptors (Lipinski definition) is 5. The van der Waals surface area contributed by atoms with Gasteiger partial charge in [-0.2, -0.15) is 0 Å². The summed E-state index contributed by atoms with van der Waals surface area (Å²) in [4.78, 5) is 25.8. The second-order valence-corrected chi connectivity index (χ2v) is 8.94. The highest BCUT2D eigenvalue weighted by Crippen LogP contribution is 2.46. The van der Waals surface area contributed by atoms with Gasteiger partial charge in [-0.15, -0.1) is 0 Å². The molecule has 3 N–H and O–H groups in total. The number of amides is 2. The highest BCUT2D eigenvalue weighted by molar-refractivity contribution is 7.94. The monoisotopic (exact) mass is 382 g/mol. The first-order chi connectivity index (χ1) is 12.5. The zero-order valence-electron chi connectivity index (χ0n) is 14.5. The lowest BCUT2D eigenvalue weighted by Crippen LogP contribution is -3.14. The van der Waals surface area contributed by atoms with Crippen LogP contribution >= 0.6 is 0 Å². The number of carbonyl (C=O) groups excluding carboxylic acids is 2. The molecule has 1 aromatic rings. The van der Waals surface area contributed by atoms with E-state index >= 15 is 0 Å². The minimum absolute atomic E-state index is 0.120. The number of hydrogen-bond donors (Lipinski definition) is 3. The molecule has 1 heterocycles. The maximum atomic E-state index is 12.7. The van der Waals surface area contributed by atoms with Crippen molar-refractivity contribution in [3.63, 3.8) is 0 Å². The highest BCUT2D eigenvalue weighted by atomic mass is 32.2. The Morgan fingerprint density at radius 3 is 2.35 bits per heavy atom. The van der Waals surface area contributed by atoms with Gasteiger partial charge >= 0.3 is 0 Å². The standard InChI is InChI=1S/C17H23N3O5S/c21-15(6-9-20-10-12-25-13-11-20)18-19-16(22)17(7-8-17)26(23,24)14-4-2-1-3-5-14/h1-5H,6-13H2,(H,18,21)(H,19,22)/p+1. The zero-order valence-corrected chi connectivity index (χ0v) is 15.3. The molecule has 1 aromatic carbocycles. The fourth-order valence-electron chi connectivity index (χ4n) is 3.06. The van der Waals surface area contributed by atoms with E-state index in [2.05, 4.69) is 10.9 Å². The molecular weight excluding hydrogens is 358 g/mol. The Balaban J connectivity index is 1.52. The normalized spacial score (nSPS) is 19.5. The van der Waals surface area contributed by atoms with Crippen LogP contribution in [0.5, 0.6) is 0 Å². The number of ether oxygens (including phenoxy) is 1. The number of sulfone groups is 1. The van der Waals surface area contributed by atoms with E-state index in [4.69, 9.17) is 4.74 Å². The van der Waals surface area contributed by atoms with E-state index in [0.717, 1.165) is 13.1 Å². The van der Waals surface area contributed by atoms with E-state index in [9.17, 15) is 18.0 Å². The van der Waals surface area contributed by atoms with Gasteiger partial charge in [0.15, 0.2) is 14.6 Å². The molecule has 142 valence electrons. The second-order valence-electron chi connectivity index (χ2n) is 6.68. The minimum Gasteiger partial charge on any atom is -0.370 e. The highest BCUT2D eigenvalue weighted by Gasteiger charge is 2.61. The largest absolute Gasteiger partial charge is 0.370 e. The van der Waals surface area contributed by atoms with Gasteiger partial charge in [-0.3, -0.25) is 20.4 Å². The first-order valence-corrected chi connectivity index (χ1v) is 10.2. The molecule has 9 heteroatoms. The molecule has 1 aliphatic heterocycles. The summed E-state index contributed by atoms with van der Waals surface area (Å²) in [5.74, 6) is -1.00. The van der Waals surface area contributed by atoms with Crippen molar-refractivity contribution in [2.45, 2.75) is 28.9 Å². The van der Waals surface area contributed by atoms with Gasteiger partial charge in [0, 0.05) is 0 Å². The molecule has 0 aromatic heterocycles. The molecule has 26 heavy (non-hydrogen) atoms. The van der Waals surface area contributed by atoms with E-state index < -0.39 is 20.5 Å². The third kappa shape index (κ3) is 3.89. The molecule has 0 unspecified atom stereocenters. The smallest absolute Gasteiger partial charge is 0.260 e. The average Bonchev–Trinajstić information content (AvgIpc) is 3.48. The molecule has 2 aliphatic rings. The Hall–Kier alpha value is -1.97. The zero-order chi connectivity index (χ0) is 18.6. The first-order valence-electron chi connectivity index (χ1n) is 8.76. The summed E-state index contributed by atoms with van der Waals surface area (Å²) in [5.41, 5.74) is 4.64. The van der Waals surface area contributed by atoms with Crippen LogP contribution in [0.3, 0.4) is 0 Å². The van der Waals surface area contributed by atoms with Gasteiger partial charge in [0.25, 0.3) is 5.91 Å². The Morgan fingerprint density at radius 1 is 1.08 bits per heavy atom. The van der Waals surface area contributed by atoms with Crippen molar-refractivity contribution in [1.29, 1.82) is 0 Å². The van der Waals surface area contributed by atoms with Crippen LogP contribution in [-0.4, -0.2) is 57.8 Å². The maximum Gasteiger partial charge on any atom is 0.260 e. The van der Waals surface area contributed by atoms with Gasteiger partial charge in [-0.05, 0) is 25.0 Å². The lowest BCUT2D eigenvalue weighted by atomic mass is 10.3. The van der Waals surface area contributed by atoms with E-state index in [1.165, 1.54) is 17.0 Å². The second kappa shape index (κ2) is 7.73. The van der Waals surface area contributed by atoms with Gasteiger partial charge in [0.05, 0.1) is 31.1 Å². The molecular formula is C17H24N3O5S+. The fourth-order valence-corrected chi connectivity index (χ4v) is 4.96. The van der Waals surface area contributed by atoms with Crippen molar-refractivity contribution in [2.24, 2.45) is 0 Å². The summed E-state index contributed by atoms with van der Waals surface area (Å²) in [6.07, 6.45) is 0.766. The Kier molecular flexibility index (Phi) is 5.59. The Bertz CT molecular complexity index is 756. The van der Waals surface area contributed by atoms with Crippen LogP contribution in [-0.2, 0) is 24.2 Å². The number of nitrogens with one attached hydrogen (secondary N) is 3. The van der Waals surface area contributed by atoms with Gasteiger partial charge in [-0.25, -0.2) is 8.42 Å². The van der Waals surface area contributed by atoms with Crippen LogP contribution in [0, 0.1) is 0 Å². The first kappa shape index (κ1) is 18.8. The summed E-state index contributed by atoms with van der Waals surface area (Å²) in [6.45, 7) is 3.75. The van der Waals surface area contributed by atoms with E-state index in [0.29, 0.717) is 19.8 Å². The molecule has 8 nitrogen and oxygen atoms in total. The van der Waals surface area contributed by atoms with Crippen molar-refractivity contribution in [3.05, 3.63) is 30.3 Å². The average molecular weight is 382 g/mol. The van der Waals surface area contributed by atoms with Crippen molar-refractivity contribution in [1.82, 2.24) is 10.9 Å². The summed E-state index contributed by atoms with van der Waals surface area (Å²) in [6, 6.07) is 7.92. The van der Waals surface area contributed by atoms with E-state index in [1.54, 1.807) is 18.2 Å². The number of carbonyl (C=O) groups is 2. The van der Waals surface area contributed by atoms with Gasteiger partial charge in [-0.1, -0.05) is 18.2 Å². The predicted molar refractivity (Wildman–Crippen MR) is 92.9 cm³/mol. The van der Waals surface area contributed by atoms with Crippen LogP contribution in [0.25, 0.3) is 0 Å².